The van der Waals surface area contributed by atoms with E-state index in [0.29, 0.717) is 11.5 Å². The lowest BCUT2D eigenvalue weighted by molar-refractivity contribution is -0.123. The molecule has 0 saturated heterocycles. The molecule has 170 valence electrons. The fourth-order valence-electron chi connectivity index (χ4n) is 3.92. The van der Waals surface area contributed by atoms with Crippen LogP contribution in [0.4, 0.5) is 5.69 Å². The van der Waals surface area contributed by atoms with Gasteiger partial charge in [-0.3, -0.25) is 4.79 Å². The molecule has 1 aliphatic rings. The Hall–Kier alpha value is -2.80. The van der Waals surface area contributed by atoms with Gasteiger partial charge < -0.3 is 14.4 Å². The Morgan fingerprint density at radius 1 is 1.25 bits per heavy atom. The van der Waals surface area contributed by atoms with E-state index in [1.165, 1.54) is 5.57 Å². The highest BCUT2D eigenvalue weighted by Gasteiger charge is 2.31. The van der Waals surface area contributed by atoms with E-state index < -0.39 is 0 Å². The zero-order valence-corrected chi connectivity index (χ0v) is 20.8. The van der Waals surface area contributed by atoms with Crippen molar-refractivity contribution in [2.24, 2.45) is 5.10 Å². The maximum Gasteiger partial charge on any atom is 0.277 e. The number of ether oxygens (including phenoxy) is 2. The first kappa shape index (κ1) is 23.9. The maximum absolute atomic E-state index is 12.1. The molecule has 32 heavy (non-hydrogen) atoms. The second-order valence-corrected chi connectivity index (χ2v) is 9.20. The Labute approximate surface area is 198 Å². The minimum Gasteiger partial charge on any atom is -0.496 e. The van der Waals surface area contributed by atoms with Gasteiger partial charge in [-0.2, -0.15) is 5.10 Å². The van der Waals surface area contributed by atoms with Gasteiger partial charge in [0.25, 0.3) is 5.91 Å². The summed E-state index contributed by atoms with van der Waals surface area (Å²) in [7, 11) is 1.64. The van der Waals surface area contributed by atoms with Gasteiger partial charge in [0.05, 0.1) is 18.9 Å². The van der Waals surface area contributed by atoms with Crippen LogP contribution in [0.3, 0.4) is 0 Å². The van der Waals surface area contributed by atoms with Crippen molar-refractivity contribution in [3.63, 3.8) is 0 Å². The van der Waals surface area contributed by atoms with Gasteiger partial charge >= 0.3 is 0 Å². The third-order valence-electron chi connectivity index (χ3n) is 5.35. The molecule has 0 aliphatic carbocycles. The van der Waals surface area contributed by atoms with Crippen LogP contribution in [-0.2, 0) is 4.79 Å². The van der Waals surface area contributed by atoms with Crippen molar-refractivity contribution < 1.29 is 14.3 Å². The first-order valence-electron chi connectivity index (χ1n) is 10.6. The number of hydrogen-bond donors (Lipinski definition) is 1. The number of carbonyl (C=O) groups is 1. The summed E-state index contributed by atoms with van der Waals surface area (Å²) in [5, 5.41) is 4.11. The van der Waals surface area contributed by atoms with E-state index >= 15 is 0 Å². The van der Waals surface area contributed by atoms with E-state index in [-0.39, 0.29) is 18.1 Å². The van der Waals surface area contributed by atoms with Crippen molar-refractivity contribution in [1.29, 1.82) is 0 Å². The monoisotopic (exact) mass is 499 g/mol. The molecule has 7 heteroatoms. The van der Waals surface area contributed by atoms with Gasteiger partial charge in [0.2, 0.25) is 0 Å². The van der Waals surface area contributed by atoms with Gasteiger partial charge in [-0.1, -0.05) is 28.9 Å². The van der Waals surface area contributed by atoms with Crippen LogP contribution in [0.2, 0.25) is 0 Å². The number of nitrogens with zero attached hydrogens (tertiary/aromatic N) is 2. The number of allylic oxidation sites excluding steroid dienone is 1. The normalized spacial score (nSPS) is 14.7. The summed E-state index contributed by atoms with van der Waals surface area (Å²) >= 11 is 3.37. The van der Waals surface area contributed by atoms with Gasteiger partial charge in [-0.25, -0.2) is 5.43 Å². The van der Waals surface area contributed by atoms with Gasteiger partial charge in [-0.05, 0) is 63.1 Å². The number of carbonyl (C=O) groups excluding carboxylic acids is 1. The molecule has 0 unspecified atom stereocenters. The van der Waals surface area contributed by atoms with E-state index in [9.17, 15) is 4.79 Å². The second-order valence-electron chi connectivity index (χ2n) is 8.28. The third-order valence-corrected chi connectivity index (χ3v) is 5.88. The van der Waals surface area contributed by atoms with Crippen molar-refractivity contribution in [2.45, 2.75) is 39.7 Å². The van der Waals surface area contributed by atoms with E-state index in [1.807, 2.05) is 12.1 Å². The van der Waals surface area contributed by atoms with Crippen molar-refractivity contribution in [3.8, 4) is 11.5 Å². The van der Waals surface area contributed by atoms with Crippen LogP contribution in [-0.4, -0.2) is 37.9 Å². The van der Waals surface area contributed by atoms with Crippen LogP contribution in [0, 0.1) is 0 Å². The minimum atomic E-state index is -0.340. The number of fused-ring (bicyclic) bond motifs is 1. The van der Waals surface area contributed by atoms with Gasteiger partial charge in [-0.15, -0.1) is 0 Å². The predicted octanol–water partition coefficient (Wildman–Crippen LogP) is 5.40. The number of nitrogens with one attached hydrogen (secondary N) is 1. The van der Waals surface area contributed by atoms with Crippen LogP contribution in [0.5, 0.6) is 11.5 Å². The molecule has 1 amide bonds. The highest BCUT2D eigenvalue weighted by molar-refractivity contribution is 9.10. The van der Waals surface area contributed by atoms with E-state index in [0.717, 1.165) is 34.3 Å². The standard InChI is InChI=1S/C25H30BrN3O3/c1-6-11-29-22-13-23(31-5)18(12-21(22)17(2)14-25(29,3)4)15-27-28-24(30)16-32-20-9-7-19(26)8-10-20/h7-10,12-15H,6,11,16H2,1-5H3,(H,28,30)/b27-15-. The SMILES string of the molecule is CCCN1c2cc(OC)c(/C=N\NC(=O)COc3ccc(Br)cc3)cc2C(C)=CC1(C)C. The number of hydrazone groups is 1. The second kappa shape index (κ2) is 10.2. The molecule has 0 spiro atoms. The molecule has 3 rings (SSSR count). The van der Waals surface area contributed by atoms with Gasteiger partial charge in [0, 0.05) is 33.9 Å². The fourth-order valence-corrected chi connectivity index (χ4v) is 4.18. The first-order valence-corrected chi connectivity index (χ1v) is 11.4. The van der Waals surface area contributed by atoms with Crippen LogP contribution < -0.4 is 19.8 Å². The molecule has 0 bridgehead atoms. The topological polar surface area (TPSA) is 63.2 Å². The quantitative estimate of drug-likeness (QED) is 0.390. The largest absolute Gasteiger partial charge is 0.496 e. The van der Waals surface area contributed by atoms with Crippen molar-refractivity contribution in [2.75, 3.05) is 25.2 Å². The van der Waals surface area contributed by atoms with Crippen molar-refractivity contribution in [3.05, 3.63) is 58.1 Å². The third kappa shape index (κ3) is 5.51. The molecule has 1 heterocycles. The molecular formula is C25H30BrN3O3. The van der Waals surface area contributed by atoms with Gasteiger partial charge in [0.15, 0.2) is 6.61 Å². The summed E-state index contributed by atoms with van der Waals surface area (Å²) in [4.78, 5) is 14.5. The number of benzene rings is 2. The highest BCUT2D eigenvalue weighted by Crippen LogP contribution is 2.41. The fraction of sp³-hybridized carbons (Fsp3) is 0.360. The van der Waals surface area contributed by atoms with Crippen LogP contribution in [0.15, 0.2) is 52.0 Å². The van der Waals surface area contributed by atoms with Crippen LogP contribution in [0.1, 0.15) is 45.2 Å². The summed E-state index contributed by atoms with van der Waals surface area (Å²) in [6, 6.07) is 11.4. The Morgan fingerprint density at radius 2 is 1.97 bits per heavy atom. The highest BCUT2D eigenvalue weighted by atomic mass is 79.9. The molecule has 6 nitrogen and oxygen atoms in total. The number of rotatable bonds is 8. The molecule has 2 aromatic carbocycles. The number of hydrogen-bond acceptors (Lipinski definition) is 5. The average Bonchev–Trinajstić information content (AvgIpc) is 2.75. The molecule has 0 radical (unpaired) electrons. The number of amides is 1. The molecule has 1 aliphatic heterocycles. The van der Waals surface area contributed by atoms with Crippen LogP contribution in [0.25, 0.3) is 5.57 Å². The van der Waals surface area contributed by atoms with Crippen molar-refractivity contribution >= 4 is 39.3 Å². The Morgan fingerprint density at radius 3 is 2.62 bits per heavy atom. The Bertz CT molecular complexity index is 1030. The number of anilines is 1. The predicted molar refractivity (Wildman–Crippen MR) is 134 cm³/mol. The Balaban J connectivity index is 1.74. The smallest absolute Gasteiger partial charge is 0.277 e. The molecule has 0 fully saturated rings. The summed E-state index contributed by atoms with van der Waals surface area (Å²) in [6.45, 7) is 9.59. The zero-order valence-electron chi connectivity index (χ0n) is 19.2. The average molecular weight is 500 g/mol. The molecular weight excluding hydrogens is 470 g/mol. The Kier molecular flexibility index (Phi) is 7.61. The minimum absolute atomic E-state index is 0.0729. The number of halogens is 1. The van der Waals surface area contributed by atoms with E-state index in [2.05, 4.69) is 77.3 Å². The molecule has 0 atom stereocenters. The van der Waals surface area contributed by atoms with E-state index in [1.54, 1.807) is 25.5 Å². The lowest BCUT2D eigenvalue weighted by Crippen LogP contribution is -2.45. The lowest BCUT2D eigenvalue weighted by atomic mass is 9.87. The summed E-state index contributed by atoms with van der Waals surface area (Å²) < 4.78 is 12.1. The lowest BCUT2D eigenvalue weighted by Gasteiger charge is -2.43. The molecule has 2 aromatic rings. The van der Waals surface area contributed by atoms with Crippen molar-refractivity contribution in [1.82, 2.24) is 5.43 Å². The van der Waals surface area contributed by atoms with E-state index in [4.69, 9.17) is 9.47 Å². The number of methoxy groups -OCH3 is 1. The summed E-state index contributed by atoms with van der Waals surface area (Å²) in [5.74, 6) is 0.984. The summed E-state index contributed by atoms with van der Waals surface area (Å²) in [6.07, 6.45) is 4.95. The maximum atomic E-state index is 12.1. The first-order chi connectivity index (χ1) is 15.2. The van der Waals surface area contributed by atoms with Crippen LogP contribution >= 0.6 is 15.9 Å². The van der Waals surface area contributed by atoms with Gasteiger partial charge in [0.1, 0.15) is 11.5 Å². The zero-order chi connectivity index (χ0) is 23.3. The molecule has 0 aromatic heterocycles. The summed E-state index contributed by atoms with van der Waals surface area (Å²) in [5.41, 5.74) is 6.74. The molecule has 1 N–H and O–H groups in total. The molecule has 0 saturated carbocycles.